The average molecular weight is 360 g/mol. The first-order chi connectivity index (χ1) is 11.8. The van der Waals surface area contributed by atoms with Crippen molar-refractivity contribution in [2.45, 2.75) is 18.0 Å². The van der Waals surface area contributed by atoms with Gasteiger partial charge in [-0.1, -0.05) is 24.3 Å². The number of para-hydroxylation sites is 1. The van der Waals surface area contributed by atoms with E-state index in [0.29, 0.717) is 16.5 Å². The highest BCUT2D eigenvalue weighted by Crippen LogP contribution is 2.09. The van der Waals surface area contributed by atoms with Crippen molar-refractivity contribution in [3.8, 4) is 0 Å². The number of sulfonamides is 1. The van der Waals surface area contributed by atoms with Crippen molar-refractivity contribution in [2.24, 2.45) is 5.14 Å². The average Bonchev–Trinajstić information content (AvgIpc) is 2.89. The maximum Gasteiger partial charge on any atom is 0.274 e. The van der Waals surface area contributed by atoms with Crippen LogP contribution in [0.15, 0.2) is 58.2 Å². The number of carbonyl (C=O) groups is 1. The summed E-state index contributed by atoms with van der Waals surface area (Å²) in [5.74, 6) is -0.343. The first kappa shape index (κ1) is 16.9. The van der Waals surface area contributed by atoms with E-state index in [2.05, 4.69) is 10.4 Å². The van der Waals surface area contributed by atoms with Crippen LogP contribution in [0.25, 0.3) is 10.9 Å². The van der Waals surface area contributed by atoms with Gasteiger partial charge in [-0.05, 0) is 29.8 Å². The first-order valence-corrected chi connectivity index (χ1v) is 8.95. The summed E-state index contributed by atoms with van der Waals surface area (Å²) in [6, 6.07) is 12.9. The van der Waals surface area contributed by atoms with Gasteiger partial charge in [-0.2, -0.15) is 0 Å². The number of aromatic nitrogens is 2. The van der Waals surface area contributed by atoms with Crippen LogP contribution in [0.4, 0.5) is 0 Å². The molecule has 0 saturated heterocycles. The molecule has 3 rings (SSSR count). The fourth-order valence-electron chi connectivity index (χ4n) is 2.42. The molecular weight excluding hydrogens is 344 g/mol. The molecular formula is C16H16N4O4S. The molecule has 2 aromatic carbocycles. The van der Waals surface area contributed by atoms with Crippen LogP contribution >= 0.6 is 0 Å². The Balaban J connectivity index is 1.64. The molecule has 0 bridgehead atoms. The predicted octanol–water partition coefficient (Wildman–Crippen LogP) is 0.293. The summed E-state index contributed by atoms with van der Waals surface area (Å²) in [6.07, 6.45) is 0. The third-order valence-corrected chi connectivity index (χ3v) is 4.63. The van der Waals surface area contributed by atoms with Gasteiger partial charge in [-0.3, -0.25) is 14.7 Å². The van der Waals surface area contributed by atoms with Gasteiger partial charge in [0.05, 0.1) is 15.8 Å². The number of nitrogens with two attached hydrogens (primary N) is 1. The molecule has 0 aliphatic heterocycles. The van der Waals surface area contributed by atoms with Crippen LogP contribution in [-0.4, -0.2) is 24.1 Å². The van der Waals surface area contributed by atoms with Gasteiger partial charge in [-0.15, -0.1) is 0 Å². The monoisotopic (exact) mass is 360 g/mol. The number of aromatic amines is 1. The summed E-state index contributed by atoms with van der Waals surface area (Å²) >= 11 is 0. The summed E-state index contributed by atoms with van der Waals surface area (Å²) in [4.78, 5) is 24.2. The number of nitrogens with one attached hydrogen (secondary N) is 2. The molecule has 0 unspecified atom stereocenters. The standard InChI is InChI=1S/C16H16N4O4S/c17-25(23,24)12-7-5-11(6-8-12)9-18-15(21)10-20-16(22)13-3-1-2-4-14(13)19-20/h1-8,19H,9-10H2,(H,18,21)(H2,17,23,24). The number of amides is 1. The number of nitrogens with zero attached hydrogens (tertiary/aromatic N) is 1. The van der Waals surface area contributed by atoms with Gasteiger partial charge in [0.25, 0.3) is 5.56 Å². The highest BCUT2D eigenvalue weighted by atomic mass is 32.2. The highest BCUT2D eigenvalue weighted by molar-refractivity contribution is 7.89. The van der Waals surface area contributed by atoms with Crippen molar-refractivity contribution in [3.05, 3.63) is 64.4 Å². The first-order valence-electron chi connectivity index (χ1n) is 7.40. The molecule has 0 atom stereocenters. The quantitative estimate of drug-likeness (QED) is 0.604. The lowest BCUT2D eigenvalue weighted by Crippen LogP contribution is -2.31. The lowest BCUT2D eigenvalue weighted by atomic mass is 10.2. The van der Waals surface area contributed by atoms with E-state index < -0.39 is 10.0 Å². The van der Waals surface area contributed by atoms with Crippen LogP contribution in [0.5, 0.6) is 0 Å². The zero-order chi connectivity index (χ0) is 18.0. The molecule has 0 radical (unpaired) electrons. The second kappa shape index (κ2) is 6.54. The second-order valence-electron chi connectivity index (χ2n) is 5.51. The minimum absolute atomic E-state index is 0.00667. The van der Waals surface area contributed by atoms with Gasteiger partial charge in [0.2, 0.25) is 15.9 Å². The molecule has 0 aliphatic rings. The Morgan fingerprint density at radius 2 is 1.80 bits per heavy atom. The van der Waals surface area contributed by atoms with Crippen molar-refractivity contribution >= 4 is 26.8 Å². The van der Waals surface area contributed by atoms with E-state index in [1.807, 2.05) is 0 Å². The largest absolute Gasteiger partial charge is 0.350 e. The molecule has 0 spiro atoms. The smallest absolute Gasteiger partial charge is 0.274 e. The van der Waals surface area contributed by atoms with E-state index in [9.17, 15) is 18.0 Å². The molecule has 3 aromatic rings. The fraction of sp³-hybridized carbons (Fsp3) is 0.125. The van der Waals surface area contributed by atoms with Crippen molar-refractivity contribution in [1.82, 2.24) is 15.1 Å². The SMILES string of the molecule is NS(=O)(=O)c1ccc(CNC(=O)Cn2[nH]c3ccccc3c2=O)cc1. The summed E-state index contributed by atoms with van der Waals surface area (Å²) in [5, 5.41) is 11.1. The minimum atomic E-state index is -3.74. The topological polar surface area (TPSA) is 127 Å². The second-order valence-corrected chi connectivity index (χ2v) is 7.08. The number of benzene rings is 2. The maximum absolute atomic E-state index is 12.2. The maximum atomic E-state index is 12.2. The lowest BCUT2D eigenvalue weighted by molar-refractivity contribution is -0.122. The van der Waals surface area contributed by atoms with E-state index in [4.69, 9.17) is 5.14 Å². The Bertz CT molecular complexity index is 1080. The molecule has 0 aliphatic carbocycles. The number of hydrogen-bond acceptors (Lipinski definition) is 4. The van der Waals surface area contributed by atoms with Crippen molar-refractivity contribution < 1.29 is 13.2 Å². The molecule has 25 heavy (non-hydrogen) atoms. The summed E-state index contributed by atoms with van der Waals surface area (Å²) in [7, 11) is -3.74. The Kier molecular flexibility index (Phi) is 4.43. The zero-order valence-electron chi connectivity index (χ0n) is 13.1. The molecule has 0 fully saturated rings. The van der Waals surface area contributed by atoms with Gasteiger partial charge >= 0.3 is 0 Å². The molecule has 4 N–H and O–H groups in total. The van der Waals surface area contributed by atoms with E-state index >= 15 is 0 Å². The van der Waals surface area contributed by atoms with Crippen LogP contribution in [0.2, 0.25) is 0 Å². The zero-order valence-corrected chi connectivity index (χ0v) is 13.9. The van der Waals surface area contributed by atoms with Gasteiger partial charge in [0, 0.05) is 6.54 Å². The summed E-state index contributed by atoms with van der Waals surface area (Å²) < 4.78 is 23.6. The number of carbonyl (C=O) groups excluding carboxylic acids is 1. The van der Waals surface area contributed by atoms with Crippen LogP contribution in [0.1, 0.15) is 5.56 Å². The number of rotatable bonds is 5. The van der Waals surface area contributed by atoms with Gasteiger partial charge in [-0.25, -0.2) is 18.2 Å². The predicted molar refractivity (Wildman–Crippen MR) is 92.2 cm³/mol. The molecule has 9 heteroatoms. The Hall–Kier alpha value is -2.91. The van der Waals surface area contributed by atoms with Gasteiger partial charge in [0.1, 0.15) is 6.54 Å². The van der Waals surface area contributed by atoms with Crippen molar-refractivity contribution in [1.29, 1.82) is 0 Å². The Morgan fingerprint density at radius 3 is 2.44 bits per heavy atom. The van der Waals surface area contributed by atoms with Gasteiger partial charge in [0.15, 0.2) is 0 Å². The Morgan fingerprint density at radius 1 is 1.12 bits per heavy atom. The van der Waals surface area contributed by atoms with E-state index in [1.165, 1.54) is 16.8 Å². The summed E-state index contributed by atoms with van der Waals surface area (Å²) in [6.45, 7) is 0.0709. The van der Waals surface area contributed by atoms with E-state index in [-0.39, 0.29) is 29.5 Å². The minimum Gasteiger partial charge on any atom is -0.350 e. The summed E-state index contributed by atoms with van der Waals surface area (Å²) in [5.41, 5.74) is 1.12. The van der Waals surface area contributed by atoms with E-state index in [1.54, 1.807) is 36.4 Å². The fourth-order valence-corrected chi connectivity index (χ4v) is 2.93. The van der Waals surface area contributed by atoms with Crippen molar-refractivity contribution in [3.63, 3.8) is 0 Å². The lowest BCUT2D eigenvalue weighted by Gasteiger charge is -2.06. The number of H-pyrrole nitrogens is 1. The van der Waals surface area contributed by atoms with Crippen LogP contribution in [0, 0.1) is 0 Å². The number of primary sulfonamides is 1. The molecule has 0 saturated carbocycles. The number of hydrogen-bond donors (Lipinski definition) is 3. The third kappa shape index (κ3) is 3.78. The highest BCUT2D eigenvalue weighted by Gasteiger charge is 2.10. The number of fused-ring (bicyclic) bond motifs is 1. The van der Waals surface area contributed by atoms with Crippen LogP contribution < -0.4 is 16.0 Å². The van der Waals surface area contributed by atoms with E-state index in [0.717, 1.165) is 0 Å². The molecule has 8 nitrogen and oxygen atoms in total. The molecule has 130 valence electrons. The third-order valence-electron chi connectivity index (χ3n) is 3.70. The molecule has 1 heterocycles. The molecule has 1 amide bonds. The Labute approximate surface area is 143 Å². The van der Waals surface area contributed by atoms with Gasteiger partial charge < -0.3 is 5.32 Å². The van der Waals surface area contributed by atoms with Crippen LogP contribution in [-0.2, 0) is 27.9 Å². The normalized spacial score (nSPS) is 11.6. The van der Waals surface area contributed by atoms with Crippen molar-refractivity contribution in [2.75, 3.05) is 0 Å². The molecule has 1 aromatic heterocycles. The van der Waals surface area contributed by atoms with Crippen LogP contribution in [0.3, 0.4) is 0 Å².